The number of phenolic OH excluding ortho intramolecular Hbond substituents is 1. The van der Waals surface area contributed by atoms with Gasteiger partial charge in [-0.05, 0) is 72.3 Å². The van der Waals surface area contributed by atoms with Crippen molar-refractivity contribution in [2.45, 2.75) is 45.0 Å². The molecule has 0 unspecified atom stereocenters. The summed E-state index contributed by atoms with van der Waals surface area (Å²) < 4.78 is 11.7. The second-order valence-electron chi connectivity index (χ2n) is 10.7. The van der Waals surface area contributed by atoms with Crippen LogP contribution in [0.3, 0.4) is 0 Å². The van der Waals surface area contributed by atoms with Crippen molar-refractivity contribution >= 4 is 30.6 Å². The van der Waals surface area contributed by atoms with Crippen molar-refractivity contribution in [3.63, 3.8) is 0 Å². The van der Waals surface area contributed by atoms with Crippen LogP contribution in [0, 0.1) is 17.8 Å². The van der Waals surface area contributed by atoms with Crippen molar-refractivity contribution in [2.24, 2.45) is 17.8 Å². The molecule has 39 heavy (non-hydrogen) atoms. The highest BCUT2D eigenvalue weighted by Crippen LogP contribution is 2.50. The van der Waals surface area contributed by atoms with E-state index in [0.29, 0.717) is 45.2 Å². The molecule has 2 N–H and O–H groups in total. The van der Waals surface area contributed by atoms with Gasteiger partial charge < -0.3 is 19.5 Å². The fraction of sp³-hybridized carbons (Fsp3) is 0.419. The number of carbonyl (C=O) groups is 2. The minimum absolute atomic E-state index is 0.103. The summed E-state index contributed by atoms with van der Waals surface area (Å²) in [7, 11) is 0.618. The largest absolute Gasteiger partial charge is 0.507 e. The molecule has 0 spiro atoms. The molecule has 3 aliphatic rings. The summed E-state index contributed by atoms with van der Waals surface area (Å²) in [6.07, 6.45) is 4.25. The van der Waals surface area contributed by atoms with E-state index in [1.54, 1.807) is 19.2 Å². The van der Waals surface area contributed by atoms with Crippen LogP contribution in [0.25, 0.3) is 11.6 Å². The Morgan fingerprint density at radius 2 is 1.85 bits per heavy atom. The molecule has 8 heteroatoms. The second-order valence-corrected chi connectivity index (χ2v) is 10.7. The SMILES string of the molecule is CCCN1C(=O)[C@@H]2[C@@H](CC(COC)=C3[C@@H](CC/C(=C/c4ccccc4O)c4ccccc4)OB(O)C[C@@H]32)C1=O. The number of para-hydroxylation sites is 1. The van der Waals surface area contributed by atoms with Crippen molar-refractivity contribution in [1.82, 2.24) is 4.90 Å². The number of fused-ring (bicyclic) bond motifs is 3. The van der Waals surface area contributed by atoms with Crippen LogP contribution in [0.15, 0.2) is 65.7 Å². The average Bonchev–Trinajstić information content (AvgIpc) is 3.17. The van der Waals surface area contributed by atoms with Gasteiger partial charge in [0.05, 0.1) is 24.5 Å². The van der Waals surface area contributed by atoms with Crippen LogP contribution in [-0.2, 0) is 19.0 Å². The molecule has 2 heterocycles. The highest BCUT2D eigenvalue weighted by atomic mass is 16.5. The van der Waals surface area contributed by atoms with Gasteiger partial charge in [0.15, 0.2) is 0 Å². The summed E-state index contributed by atoms with van der Waals surface area (Å²) >= 11 is 0. The molecular formula is C31H36BNO6. The summed E-state index contributed by atoms with van der Waals surface area (Å²) in [5, 5.41) is 21.2. The molecular weight excluding hydrogens is 493 g/mol. The van der Waals surface area contributed by atoms with Crippen LogP contribution in [0.2, 0.25) is 6.32 Å². The molecule has 2 amide bonds. The van der Waals surface area contributed by atoms with Crippen molar-refractivity contribution in [1.29, 1.82) is 0 Å². The molecule has 1 aliphatic carbocycles. The highest BCUT2D eigenvalue weighted by molar-refractivity contribution is 6.43. The number of imide groups is 1. The average molecular weight is 529 g/mol. The van der Waals surface area contributed by atoms with E-state index >= 15 is 0 Å². The van der Waals surface area contributed by atoms with Gasteiger partial charge in [-0.1, -0.05) is 55.5 Å². The summed E-state index contributed by atoms with van der Waals surface area (Å²) in [6, 6.07) is 17.2. The van der Waals surface area contributed by atoms with Gasteiger partial charge in [-0.2, -0.15) is 0 Å². The number of rotatable bonds is 9. The van der Waals surface area contributed by atoms with Crippen molar-refractivity contribution < 1.29 is 29.1 Å². The standard InChI is InChI=1S/C31H36BNO6/c1-3-15-33-30(35)24-17-23(19-38-2)28-25(29(24)31(33)36)18-32(37)39-27(28)14-13-21(20-9-5-4-6-10-20)16-22-11-7-8-12-26(22)34/h4-12,16,24-25,27,29,34,37H,3,13-15,17-19H2,1-2H3/b21-16-/t24-,25+,27-,29-/m1/s1. The zero-order valence-electron chi connectivity index (χ0n) is 22.6. The molecule has 4 atom stereocenters. The topological polar surface area (TPSA) is 96.3 Å². The molecule has 2 saturated heterocycles. The number of likely N-dealkylation sites (tertiary alicyclic amines) is 1. The van der Waals surface area contributed by atoms with Crippen molar-refractivity contribution in [3.05, 3.63) is 76.9 Å². The van der Waals surface area contributed by atoms with Gasteiger partial charge >= 0.3 is 7.12 Å². The number of hydrogen-bond donors (Lipinski definition) is 2. The maximum atomic E-state index is 13.5. The lowest BCUT2D eigenvalue weighted by molar-refractivity contribution is -0.140. The first-order chi connectivity index (χ1) is 18.9. The molecule has 204 valence electrons. The quantitative estimate of drug-likeness (QED) is 0.214. The first-order valence-corrected chi connectivity index (χ1v) is 13.9. The molecule has 0 bridgehead atoms. The maximum absolute atomic E-state index is 13.5. The van der Waals surface area contributed by atoms with Crippen LogP contribution in [-0.4, -0.2) is 60.3 Å². The minimum atomic E-state index is -1.02. The Balaban J connectivity index is 1.48. The molecule has 0 radical (unpaired) electrons. The number of benzene rings is 2. The lowest BCUT2D eigenvalue weighted by Gasteiger charge is -2.43. The smallest absolute Gasteiger partial charge is 0.455 e. The number of aromatic hydroxyl groups is 1. The summed E-state index contributed by atoms with van der Waals surface area (Å²) in [6.45, 7) is 2.75. The van der Waals surface area contributed by atoms with Gasteiger partial charge in [-0.3, -0.25) is 14.5 Å². The van der Waals surface area contributed by atoms with Crippen LogP contribution in [0.5, 0.6) is 5.75 Å². The predicted octanol–water partition coefficient (Wildman–Crippen LogP) is 4.57. The van der Waals surface area contributed by atoms with Crippen LogP contribution in [0.4, 0.5) is 0 Å². The fourth-order valence-electron chi connectivity index (χ4n) is 6.62. The summed E-state index contributed by atoms with van der Waals surface area (Å²) in [5.74, 6) is -1.15. The van der Waals surface area contributed by atoms with E-state index in [-0.39, 0.29) is 23.5 Å². The minimum Gasteiger partial charge on any atom is -0.507 e. The van der Waals surface area contributed by atoms with Crippen molar-refractivity contribution in [2.75, 3.05) is 20.3 Å². The number of nitrogens with zero attached hydrogens (tertiary/aromatic N) is 1. The van der Waals surface area contributed by atoms with Crippen LogP contribution >= 0.6 is 0 Å². The third-order valence-corrected chi connectivity index (χ3v) is 8.25. The van der Waals surface area contributed by atoms with Gasteiger partial charge in [0.25, 0.3) is 0 Å². The molecule has 0 aromatic heterocycles. The van der Waals surface area contributed by atoms with Gasteiger partial charge in [0, 0.05) is 19.2 Å². The van der Waals surface area contributed by atoms with E-state index in [1.807, 2.05) is 55.5 Å². The molecule has 0 saturated carbocycles. The summed E-state index contributed by atoms with van der Waals surface area (Å²) in [4.78, 5) is 28.1. The van der Waals surface area contributed by atoms with Gasteiger partial charge in [-0.25, -0.2) is 0 Å². The van der Waals surface area contributed by atoms with Crippen LogP contribution in [0.1, 0.15) is 43.7 Å². The zero-order chi connectivity index (χ0) is 27.5. The van der Waals surface area contributed by atoms with E-state index in [9.17, 15) is 19.7 Å². The number of ether oxygens (including phenoxy) is 1. The van der Waals surface area contributed by atoms with Crippen LogP contribution < -0.4 is 0 Å². The normalized spacial score (nSPS) is 25.3. The molecule has 2 aromatic rings. The Hall–Kier alpha value is -3.20. The zero-order valence-corrected chi connectivity index (χ0v) is 22.6. The third-order valence-electron chi connectivity index (χ3n) is 8.25. The van der Waals surface area contributed by atoms with E-state index in [2.05, 4.69) is 0 Å². The number of phenols is 1. The maximum Gasteiger partial charge on any atom is 0.455 e. The Labute approximate surface area is 230 Å². The van der Waals surface area contributed by atoms with Gasteiger partial charge in [0.1, 0.15) is 5.75 Å². The summed E-state index contributed by atoms with van der Waals surface area (Å²) in [5.41, 5.74) is 4.81. The molecule has 5 rings (SSSR count). The second kappa shape index (κ2) is 11.9. The Morgan fingerprint density at radius 1 is 1.10 bits per heavy atom. The predicted molar refractivity (Wildman–Crippen MR) is 150 cm³/mol. The monoisotopic (exact) mass is 529 g/mol. The number of hydrogen-bond acceptors (Lipinski definition) is 6. The van der Waals surface area contributed by atoms with E-state index in [1.165, 1.54) is 4.90 Å². The van der Waals surface area contributed by atoms with E-state index in [4.69, 9.17) is 9.39 Å². The molecule has 2 aliphatic heterocycles. The Kier molecular flexibility index (Phi) is 8.36. The van der Waals surface area contributed by atoms with Crippen molar-refractivity contribution in [3.8, 4) is 5.75 Å². The molecule has 7 nitrogen and oxygen atoms in total. The fourth-order valence-corrected chi connectivity index (χ4v) is 6.62. The highest BCUT2D eigenvalue weighted by Gasteiger charge is 2.57. The van der Waals surface area contributed by atoms with Gasteiger partial charge in [0.2, 0.25) is 11.8 Å². The number of allylic oxidation sites excluding steroid dienone is 1. The van der Waals surface area contributed by atoms with E-state index < -0.39 is 25.1 Å². The number of amides is 2. The third kappa shape index (κ3) is 5.46. The lowest BCUT2D eigenvalue weighted by Crippen LogP contribution is -2.46. The first kappa shape index (κ1) is 27.4. The lowest BCUT2D eigenvalue weighted by atomic mass is 9.58. The Bertz CT molecular complexity index is 1270. The number of carbonyl (C=O) groups excluding carboxylic acids is 2. The number of methoxy groups -OCH3 is 1. The molecule has 2 aromatic carbocycles. The van der Waals surface area contributed by atoms with E-state index in [0.717, 1.165) is 27.8 Å². The Morgan fingerprint density at radius 3 is 2.56 bits per heavy atom. The molecule has 2 fully saturated rings. The first-order valence-electron chi connectivity index (χ1n) is 13.9. The van der Waals surface area contributed by atoms with Gasteiger partial charge in [-0.15, -0.1) is 0 Å².